The molecule has 0 fully saturated rings. The zero-order valence-corrected chi connectivity index (χ0v) is 9.31. The van der Waals surface area contributed by atoms with Crippen LogP contribution in [0.1, 0.15) is 0 Å². The molecule has 0 bridgehead atoms. The highest BCUT2D eigenvalue weighted by Gasteiger charge is 2.10. The Kier molecular flexibility index (Phi) is 3.25. The first-order valence-electron chi connectivity index (χ1n) is 4.73. The minimum atomic E-state index is -1.23. The van der Waals surface area contributed by atoms with Crippen molar-refractivity contribution in [3.8, 4) is 5.75 Å². The van der Waals surface area contributed by atoms with Gasteiger partial charge in [-0.15, -0.1) is 0 Å². The van der Waals surface area contributed by atoms with E-state index in [1.54, 1.807) is 18.2 Å². The van der Waals surface area contributed by atoms with Gasteiger partial charge >= 0.3 is 11.6 Å². The molecule has 5 heteroatoms. The lowest BCUT2D eigenvalue weighted by Crippen LogP contribution is -2.11. The number of fused-ring (bicyclic) bond motifs is 1. The number of carbonyl (C=O) groups is 2. The fourth-order valence-electron chi connectivity index (χ4n) is 1.41. The van der Waals surface area contributed by atoms with Crippen LogP contribution in [0.4, 0.5) is 9.59 Å². The third-order valence-corrected chi connectivity index (χ3v) is 2.16. The van der Waals surface area contributed by atoms with Gasteiger partial charge in [-0.2, -0.15) is 0 Å². The summed E-state index contributed by atoms with van der Waals surface area (Å²) in [4.78, 5) is 21.3. The number of hydrogen-bond donors (Lipinski definition) is 0. The van der Waals surface area contributed by atoms with E-state index in [-0.39, 0.29) is 5.75 Å². The Balaban J connectivity index is 2.19. The lowest BCUT2D eigenvalue weighted by Gasteiger charge is -2.03. The van der Waals surface area contributed by atoms with Crippen molar-refractivity contribution in [2.24, 2.45) is 0 Å². The van der Waals surface area contributed by atoms with Gasteiger partial charge in [0, 0.05) is 11.6 Å². The first-order chi connectivity index (χ1) is 8.15. The zero-order valence-electron chi connectivity index (χ0n) is 8.55. The zero-order chi connectivity index (χ0) is 12.3. The number of carbonyl (C=O) groups excluding carboxylic acids is 2. The summed E-state index contributed by atoms with van der Waals surface area (Å²) in [7, 11) is 0. The van der Waals surface area contributed by atoms with E-state index in [9.17, 15) is 9.59 Å². The van der Waals surface area contributed by atoms with E-state index < -0.39 is 11.6 Å². The third-order valence-electron chi connectivity index (χ3n) is 2.09. The van der Waals surface area contributed by atoms with Crippen molar-refractivity contribution in [2.45, 2.75) is 0 Å². The first-order valence-corrected chi connectivity index (χ1v) is 5.11. The Morgan fingerprint density at radius 1 is 1.00 bits per heavy atom. The molecule has 0 radical (unpaired) electrons. The monoisotopic (exact) mass is 250 g/mol. The van der Waals surface area contributed by atoms with E-state index in [4.69, 9.17) is 16.3 Å². The minimum Gasteiger partial charge on any atom is -0.395 e. The van der Waals surface area contributed by atoms with Crippen LogP contribution >= 0.6 is 11.6 Å². The Morgan fingerprint density at radius 2 is 1.71 bits per heavy atom. The van der Waals surface area contributed by atoms with Crippen LogP contribution < -0.4 is 4.74 Å². The molecule has 0 spiro atoms. The number of benzene rings is 2. The molecule has 0 N–H and O–H groups in total. The van der Waals surface area contributed by atoms with Crippen molar-refractivity contribution < 1.29 is 19.1 Å². The maximum absolute atomic E-state index is 11.0. The largest absolute Gasteiger partial charge is 0.522 e. The van der Waals surface area contributed by atoms with Gasteiger partial charge in [-0.3, -0.25) is 0 Å². The SMILES string of the molecule is O=C(Cl)OC(=O)Oc1ccc2ccccc2c1. The smallest absolute Gasteiger partial charge is 0.395 e. The van der Waals surface area contributed by atoms with Crippen LogP contribution in [0.25, 0.3) is 10.8 Å². The van der Waals surface area contributed by atoms with Crippen LogP contribution in [-0.4, -0.2) is 11.6 Å². The van der Waals surface area contributed by atoms with Crippen LogP contribution in [-0.2, 0) is 4.74 Å². The predicted molar refractivity (Wildman–Crippen MR) is 62.3 cm³/mol. The topological polar surface area (TPSA) is 52.6 Å². The average molecular weight is 251 g/mol. The summed E-state index contributed by atoms with van der Waals surface area (Å²) >= 11 is 4.87. The summed E-state index contributed by atoms with van der Waals surface area (Å²) in [5.41, 5.74) is -1.23. The summed E-state index contributed by atoms with van der Waals surface area (Å²) in [6.45, 7) is 0. The molecular weight excluding hydrogens is 244 g/mol. The van der Waals surface area contributed by atoms with E-state index in [1.165, 1.54) is 0 Å². The number of ether oxygens (including phenoxy) is 2. The molecule has 0 aliphatic rings. The maximum Gasteiger partial charge on any atom is 0.522 e. The van der Waals surface area contributed by atoms with E-state index in [2.05, 4.69) is 4.74 Å². The molecule has 0 amide bonds. The van der Waals surface area contributed by atoms with Gasteiger partial charge in [-0.05, 0) is 22.9 Å². The van der Waals surface area contributed by atoms with Crippen LogP contribution in [0.5, 0.6) is 5.75 Å². The second kappa shape index (κ2) is 4.84. The summed E-state index contributed by atoms with van der Waals surface area (Å²) in [5, 5.41) is 1.93. The molecule has 0 aliphatic heterocycles. The van der Waals surface area contributed by atoms with Crippen LogP contribution in [0.3, 0.4) is 0 Å². The maximum atomic E-state index is 11.0. The van der Waals surface area contributed by atoms with Gasteiger partial charge in [0.1, 0.15) is 5.75 Å². The van der Waals surface area contributed by atoms with Crippen molar-refractivity contribution in [1.82, 2.24) is 0 Å². The third kappa shape index (κ3) is 2.95. The molecule has 0 unspecified atom stereocenters. The number of halogens is 1. The molecular formula is C12H7ClO4. The van der Waals surface area contributed by atoms with Crippen molar-refractivity contribution >= 4 is 34.0 Å². The molecule has 0 heterocycles. The van der Waals surface area contributed by atoms with Crippen molar-refractivity contribution in [2.75, 3.05) is 0 Å². The highest BCUT2D eigenvalue weighted by atomic mass is 35.5. The quantitative estimate of drug-likeness (QED) is 0.335. The molecule has 86 valence electrons. The van der Waals surface area contributed by atoms with Crippen molar-refractivity contribution in [3.05, 3.63) is 42.5 Å². The summed E-state index contributed by atoms with van der Waals surface area (Å²) < 4.78 is 8.80. The van der Waals surface area contributed by atoms with Gasteiger partial charge in [0.2, 0.25) is 0 Å². The lowest BCUT2D eigenvalue weighted by molar-refractivity contribution is 0.127. The summed E-state index contributed by atoms with van der Waals surface area (Å²) in [6.07, 6.45) is -1.15. The Morgan fingerprint density at radius 3 is 2.41 bits per heavy atom. The predicted octanol–water partition coefficient (Wildman–Crippen LogP) is 3.71. The first kappa shape index (κ1) is 11.4. The molecule has 0 aromatic heterocycles. The fraction of sp³-hybridized carbons (Fsp3) is 0. The minimum absolute atomic E-state index is 0.284. The van der Waals surface area contributed by atoms with Crippen LogP contribution in [0.2, 0.25) is 0 Å². The molecule has 2 aromatic rings. The standard InChI is InChI=1S/C12H7ClO4/c13-11(14)17-12(15)16-10-6-5-8-3-1-2-4-9(8)7-10/h1-7H. The molecule has 0 atom stereocenters. The van der Waals surface area contributed by atoms with E-state index in [0.29, 0.717) is 0 Å². The number of rotatable bonds is 1. The lowest BCUT2D eigenvalue weighted by atomic mass is 10.1. The van der Waals surface area contributed by atoms with Gasteiger partial charge in [0.05, 0.1) is 0 Å². The van der Waals surface area contributed by atoms with Crippen LogP contribution in [0, 0.1) is 0 Å². The van der Waals surface area contributed by atoms with Gasteiger partial charge < -0.3 is 9.47 Å². The molecule has 17 heavy (non-hydrogen) atoms. The second-order valence-corrected chi connectivity index (χ2v) is 3.51. The van der Waals surface area contributed by atoms with E-state index in [1.807, 2.05) is 24.3 Å². The van der Waals surface area contributed by atoms with E-state index in [0.717, 1.165) is 10.8 Å². The molecule has 2 rings (SSSR count). The Labute approximate surface area is 102 Å². The molecule has 2 aromatic carbocycles. The molecule has 0 saturated carbocycles. The summed E-state index contributed by atoms with van der Waals surface area (Å²) in [5.74, 6) is 0.284. The van der Waals surface area contributed by atoms with Gasteiger partial charge in [0.15, 0.2) is 0 Å². The van der Waals surface area contributed by atoms with Gasteiger partial charge in [-0.25, -0.2) is 9.59 Å². The highest BCUT2D eigenvalue weighted by molar-refractivity contribution is 6.61. The molecule has 0 saturated heterocycles. The van der Waals surface area contributed by atoms with Crippen LogP contribution in [0.15, 0.2) is 42.5 Å². The summed E-state index contributed by atoms with van der Waals surface area (Å²) in [6, 6.07) is 12.6. The molecule has 0 aliphatic carbocycles. The number of hydrogen-bond acceptors (Lipinski definition) is 4. The van der Waals surface area contributed by atoms with Gasteiger partial charge in [-0.1, -0.05) is 30.3 Å². The van der Waals surface area contributed by atoms with Crippen molar-refractivity contribution in [3.63, 3.8) is 0 Å². The second-order valence-electron chi connectivity index (χ2n) is 3.20. The Bertz CT molecular complexity index is 579. The van der Waals surface area contributed by atoms with Gasteiger partial charge in [0.25, 0.3) is 0 Å². The highest BCUT2D eigenvalue weighted by Crippen LogP contribution is 2.20. The fourth-order valence-corrected chi connectivity index (χ4v) is 1.48. The Hall–Kier alpha value is -2.07. The van der Waals surface area contributed by atoms with E-state index >= 15 is 0 Å². The molecule has 4 nitrogen and oxygen atoms in total. The van der Waals surface area contributed by atoms with Crippen molar-refractivity contribution in [1.29, 1.82) is 0 Å². The average Bonchev–Trinajstić information content (AvgIpc) is 2.27. The normalized spacial score (nSPS) is 9.94.